The smallest absolute Gasteiger partial charge is 0.478 e. The van der Waals surface area contributed by atoms with Gasteiger partial charge in [0.25, 0.3) is 0 Å². The zero-order valence-electron chi connectivity index (χ0n) is 15.0. The fourth-order valence-electron chi connectivity index (χ4n) is 3.66. The molecule has 12 heteroatoms. The largest absolute Gasteiger partial charge is 0.492 e. The van der Waals surface area contributed by atoms with Crippen LogP contribution >= 0.6 is 15.6 Å². The standard InChI is InChI=1S/C16H19NO2.H4O7P2/c1-2-4-14-13(3-1)15-12(10-18-14)9-16(11-19-15)5-7-17-8-6-16;1-8(2,3)7-9(4,5)6/h1-4,17H,5-11H2;(H2,1,2,3)(H2,4,5,6). The Morgan fingerprint density at radius 1 is 1.00 bits per heavy atom. The Bertz CT molecular complexity index is 818. The topological polar surface area (TPSA) is 155 Å². The van der Waals surface area contributed by atoms with Crippen molar-refractivity contribution in [1.29, 1.82) is 0 Å². The normalized spacial score (nSPS) is 20.9. The number of benzene rings is 1. The van der Waals surface area contributed by atoms with Gasteiger partial charge in [-0.2, -0.15) is 4.31 Å². The molecule has 0 aliphatic carbocycles. The Morgan fingerprint density at radius 2 is 1.64 bits per heavy atom. The lowest BCUT2D eigenvalue weighted by Crippen LogP contribution is -2.42. The highest BCUT2D eigenvalue weighted by atomic mass is 31.3. The van der Waals surface area contributed by atoms with Crippen molar-refractivity contribution in [3.05, 3.63) is 35.4 Å². The number of fused-ring (bicyclic) bond motifs is 2. The monoisotopic (exact) mass is 435 g/mol. The predicted molar refractivity (Wildman–Crippen MR) is 99.1 cm³/mol. The molecule has 1 spiro atoms. The lowest BCUT2D eigenvalue weighted by atomic mass is 9.73. The third-order valence-corrected chi connectivity index (χ3v) is 6.54. The van der Waals surface area contributed by atoms with E-state index in [4.69, 9.17) is 29.0 Å². The van der Waals surface area contributed by atoms with Gasteiger partial charge in [-0.3, -0.25) is 0 Å². The number of phosphoric acid groups is 2. The molecule has 3 aliphatic rings. The summed E-state index contributed by atoms with van der Waals surface area (Å²) in [6, 6.07) is 8.19. The van der Waals surface area contributed by atoms with E-state index in [-0.39, 0.29) is 0 Å². The van der Waals surface area contributed by atoms with Gasteiger partial charge < -0.3 is 34.4 Å². The van der Waals surface area contributed by atoms with Crippen LogP contribution in [-0.2, 0) is 18.2 Å². The number of para-hydroxylation sites is 1. The molecule has 3 heterocycles. The van der Waals surface area contributed by atoms with E-state index < -0.39 is 15.6 Å². The number of hydrogen-bond acceptors (Lipinski definition) is 6. The zero-order valence-corrected chi connectivity index (χ0v) is 16.8. The maximum absolute atomic E-state index is 9.63. The minimum atomic E-state index is -5.05. The van der Waals surface area contributed by atoms with Crippen molar-refractivity contribution < 1.29 is 42.5 Å². The molecule has 0 saturated carbocycles. The van der Waals surface area contributed by atoms with Gasteiger partial charge in [0.15, 0.2) is 0 Å². The molecule has 4 rings (SSSR count). The summed E-state index contributed by atoms with van der Waals surface area (Å²) in [6.07, 6.45) is 3.56. The second-order valence-corrected chi connectivity index (χ2v) is 9.61. The highest BCUT2D eigenvalue weighted by Gasteiger charge is 2.40. The first-order chi connectivity index (χ1) is 13.1. The summed E-state index contributed by atoms with van der Waals surface area (Å²) in [7, 11) is -10.1. The summed E-state index contributed by atoms with van der Waals surface area (Å²) in [6.45, 7) is 3.79. The van der Waals surface area contributed by atoms with Crippen LogP contribution in [0.2, 0.25) is 0 Å². The number of hydrogen-bond donors (Lipinski definition) is 5. The Hall–Kier alpha value is -1.22. The third-order valence-electron chi connectivity index (χ3n) is 4.84. The first-order valence-electron chi connectivity index (χ1n) is 8.67. The van der Waals surface area contributed by atoms with Crippen molar-refractivity contribution in [2.45, 2.75) is 19.3 Å². The van der Waals surface area contributed by atoms with Crippen LogP contribution < -0.4 is 10.1 Å². The molecule has 0 atom stereocenters. The van der Waals surface area contributed by atoms with E-state index in [1.54, 1.807) is 0 Å². The van der Waals surface area contributed by atoms with Crippen LogP contribution in [0.5, 0.6) is 5.75 Å². The molecule has 0 unspecified atom stereocenters. The van der Waals surface area contributed by atoms with Gasteiger partial charge in [-0.15, -0.1) is 0 Å². The van der Waals surface area contributed by atoms with Crippen LogP contribution in [0.4, 0.5) is 0 Å². The molecule has 1 aromatic rings. The minimum Gasteiger partial charge on any atom is -0.492 e. The van der Waals surface area contributed by atoms with Gasteiger partial charge in [0.2, 0.25) is 0 Å². The van der Waals surface area contributed by atoms with Gasteiger partial charge in [-0.1, -0.05) is 12.1 Å². The molecule has 1 aromatic carbocycles. The molecule has 28 heavy (non-hydrogen) atoms. The van der Waals surface area contributed by atoms with Gasteiger partial charge in [-0.05, 0) is 44.5 Å². The highest BCUT2D eigenvalue weighted by molar-refractivity contribution is 7.60. The Labute approximate surface area is 162 Å². The summed E-state index contributed by atoms with van der Waals surface area (Å²) in [4.78, 5) is 31.0. The molecule has 0 amide bonds. The second-order valence-electron chi connectivity index (χ2n) is 7.00. The SMILES string of the molecule is O=P(O)(O)OP(=O)(O)O.c1ccc2c(c1)OCC1=C2OCC2(CCNCC2)C1. The Morgan fingerprint density at radius 3 is 2.25 bits per heavy atom. The van der Waals surface area contributed by atoms with E-state index in [0.717, 1.165) is 43.2 Å². The lowest BCUT2D eigenvalue weighted by Gasteiger charge is -2.43. The molecule has 1 fully saturated rings. The van der Waals surface area contributed by atoms with Crippen molar-refractivity contribution in [3.8, 4) is 5.75 Å². The molecule has 3 aliphatic heterocycles. The summed E-state index contributed by atoms with van der Waals surface area (Å²) in [5.41, 5.74) is 2.83. The van der Waals surface area contributed by atoms with Crippen LogP contribution in [0.25, 0.3) is 5.76 Å². The molecule has 0 radical (unpaired) electrons. The highest BCUT2D eigenvalue weighted by Crippen LogP contribution is 2.53. The van der Waals surface area contributed by atoms with Crippen molar-refractivity contribution in [3.63, 3.8) is 0 Å². The molecule has 0 bridgehead atoms. The predicted octanol–water partition coefficient (Wildman–Crippen LogP) is 1.77. The second kappa shape index (κ2) is 8.26. The fourth-order valence-corrected chi connectivity index (χ4v) is 4.77. The van der Waals surface area contributed by atoms with E-state index >= 15 is 0 Å². The summed E-state index contributed by atoms with van der Waals surface area (Å²) in [5.74, 6) is 2.05. The summed E-state index contributed by atoms with van der Waals surface area (Å²) in [5, 5.41) is 3.44. The number of piperidine rings is 1. The summed E-state index contributed by atoms with van der Waals surface area (Å²) >= 11 is 0. The summed E-state index contributed by atoms with van der Waals surface area (Å²) < 4.78 is 34.3. The number of rotatable bonds is 2. The van der Waals surface area contributed by atoms with Crippen LogP contribution in [0.1, 0.15) is 24.8 Å². The van der Waals surface area contributed by atoms with Crippen molar-refractivity contribution in [2.75, 3.05) is 26.3 Å². The average molecular weight is 435 g/mol. The maximum Gasteiger partial charge on any atom is 0.478 e. The number of ether oxygens (including phenoxy) is 2. The van der Waals surface area contributed by atoms with Crippen LogP contribution in [0, 0.1) is 5.41 Å². The van der Waals surface area contributed by atoms with E-state index in [0.29, 0.717) is 12.0 Å². The molecule has 1 saturated heterocycles. The van der Waals surface area contributed by atoms with Crippen LogP contribution in [0.3, 0.4) is 0 Å². The van der Waals surface area contributed by atoms with Gasteiger partial charge >= 0.3 is 15.6 Å². The van der Waals surface area contributed by atoms with Gasteiger partial charge in [0.1, 0.15) is 18.1 Å². The van der Waals surface area contributed by atoms with E-state index in [1.165, 1.54) is 18.4 Å². The number of nitrogens with one attached hydrogen (secondary N) is 1. The molecule has 5 N–H and O–H groups in total. The van der Waals surface area contributed by atoms with Gasteiger partial charge in [0, 0.05) is 11.0 Å². The average Bonchev–Trinajstić information content (AvgIpc) is 2.59. The van der Waals surface area contributed by atoms with E-state index in [1.807, 2.05) is 12.1 Å². The first kappa shape index (κ1) is 21.5. The van der Waals surface area contributed by atoms with Crippen LogP contribution in [0.15, 0.2) is 29.8 Å². The molecule has 156 valence electrons. The van der Waals surface area contributed by atoms with Gasteiger partial charge in [-0.25, -0.2) is 9.13 Å². The molecule has 10 nitrogen and oxygen atoms in total. The quantitative estimate of drug-likeness (QED) is 0.434. The third kappa shape index (κ3) is 5.65. The fraction of sp³-hybridized carbons (Fsp3) is 0.500. The van der Waals surface area contributed by atoms with Crippen LogP contribution in [-0.4, -0.2) is 45.9 Å². The lowest BCUT2D eigenvalue weighted by molar-refractivity contribution is 0.0635. The van der Waals surface area contributed by atoms with Crippen molar-refractivity contribution in [1.82, 2.24) is 5.32 Å². The Kier molecular flexibility index (Phi) is 6.34. The van der Waals surface area contributed by atoms with Crippen molar-refractivity contribution in [2.24, 2.45) is 5.41 Å². The minimum absolute atomic E-state index is 0.347. The Balaban J connectivity index is 0.000000215. The van der Waals surface area contributed by atoms with E-state index in [9.17, 15) is 9.13 Å². The maximum atomic E-state index is 9.63. The van der Waals surface area contributed by atoms with E-state index in [2.05, 4.69) is 21.8 Å². The molecule has 0 aromatic heterocycles. The zero-order chi connectivity index (χ0) is 20.4. The first-order valence-corrected chi connectivity index (χ1v) is 11.7. The van der Waals surface area contributed by atoms with Crippen molar-refractivity contribution >= 4 is 21.4 Å². The molecular weight excluding hydrogens is 412 g/mol. The molecular formula is C16H23NO9P2. The van der Waals surface area contributed by atoms with Gasteiger partial charge in [0.05, 0.1) is 12.2 Å².